The summed E-state index contributed by atoms with van der Waals surface area (Å²) in [6.07, 6.45) is 2.33. The van der Waals surface area contributed by atoms with Gasteiger partial charge in [0.2, 0.25) is 5.91 Å². The van der Waals surface area contributed by atoms with Crippen LogP contribution in [0.4, 0.5) is 4.39 Å². The van der Waals surface area contributed by atoms with E-state index in [-0.39, 0.29) is 41.6 Å². The molecule has 0 spiro atoms. The fourth-order valence-electron chi connectivity index (χ4n) is 3.81. The first-order valence-corrected chi connectivity index (χ1v) is 10.8. The molecule has 1 aromatic carbocycles. The van der Waals surface area contributed by atoms with Gasteiger partial charge in [-0.3, -0.25) is 9.79 Å². The molecule has 2 heterocycles. The van der Waals surface area contributed by atoms with Crippen molar-refractivity contribution in [3.8, 4) is 0 Å². The SMILES string of the molecule is CCNC(=NCCc1ccc(F)cc1Cl)N1CCC(C(=O)N2CCOCC2)CC1.I. The van der Waals surface area contributed by atoms with Crippen molar-refractivity contribution in [3.05, 3.63) is 34.6 Å². The Hall–Kier alpha value is -1.13. The summed E-state index contributed by atoms with van der Waals surface area (Å²) in [7, 11) is 0. The number of likely N-dealkylation sites (tertiary alicyclic amines) is 1. The Balaban J connectivity index is 0.00000320. The molecule has 2 aliphatic heterocycles. The van der Waals surface area contributed by atoms with Gasteiger partial charge in [-0.15, -0.1) is 24.0 Å². The second-order valence-electron chi connectivity index (χ2n) is 7.42. The van der Waals surface area contributed by atoms with E-state index in [4.69, 9.17) is 21.3 Å². The highest BCUT2D eigenvalue weighted by atomic mass is 127. The maximum atomic E-state index is 13.2. The fourth-order valence-corrected chi connectivity index (χ4v) is 4.07. The number of morpholine rings is 1. The van der Waals surface area contributed by atoms with E-state index in [9.17, 15) is 9.18 Å². The number of hydrogen-bond acceptors (Lipinski definition) is 3. The molecule has 2 fully saturated rings. The summed E-state index contributed by atoms with van der Waals surface area (Å²) in [6, 6.07) is 4.47. The van der Waals surface area contributed by atoms with Gasteiger partial charge in [-0.2, -0.15) is 0 Å². The van der Waals surface area contributed by atoms with E-state index < -0.39 is 0 Å². The summed E-state index contributed by atoms with van der Waals surface area (Å²) in [5, 5.41) is 3.78. The smallest absolute Gasteiger partial charge is 0.225 e. The lowest BCUT2D eigenvalue weighted by molar-refractivity contribution is -0.140. The van der Waals surface area contributed by atoms with E-state index in [1.54, 1.807) is 6.07 Å². The lowest BCUT2D eigenvalue weighted by atomic mass is 9.95. The largest absolute Gasteiger partial charge is 0.378 e. The van der Waals surface area contributed by atoms with Gasteiger partial charge in [-0.25, -0.2) is 4.39 Å². The van der Waals surface area contributed by atoms with E-state index in [0.717, 1.165) is 44.0 Å². The Kier molecular flexibility index (Phi) is 10.6. The maximum Gasteiger partial charge on any atom is 0.225 e. The summed E-state index contributed by atoms with van der Waals surface area (Å²) < 4.78 is 18.5. The Morgan fingerprint density at radius 2 is 1.93 bits per heavy atom. The van der Waals surface area contributed by atoms with Gasteiger partial charge in [0.05, 0.1) is 13.2 Å². The Labute approximate surface area is 200 Å². The minimum atomic E-state index is -0.329. The first-order valence-electron chi connectivity index (χ1n) is 10.4. The number of piperidine rings is 1. The number of halogens is 3. The molecule has 0 aliphatic carbocycles. The van der Waals surface area contributed by atoms with Gasteiger partial charge in [0.25, 0.3) is 0 Å². The molecule has 1 aromatic rings. The molecule has 1 N–H and O–H groups in total. The van der Waals surface area contributed by atoms with Crippen molar-refractivity contribution in [2.75, 3.05) is 52.5 Å². The summed E-state index contributed by atoms with van der Waals surface area (Å²) in [5.74, 6) is 0.888. The summed E-state index contributed by atoms with van der Waals surface area (Å²) >= 11 is 6.11. The van der Waals surface area contributed by atoms with Crippen molar-refractivity contribution in [2.45, 2.75) is 26.2 Å². The van der Waals surface area contributed by atoms with Crippen molar-refractivity contribution in [2.24, 2.45) is 10.9 Å². The van der Waals surface area contributed by atoms with Crippen LogP contribution in [0.1, 0.15) is 25.3 Å². The average Bonchev–Trinajstić information content (AvgIpc) is 2.75. The molecule has 6 nitrogen and oxygen atoms in total. The number of rotatable bonds is 5. The molecule has 2 aliphatic rings. The molecule has 0 bridgehead atoms. The second kappa shape index (κ2) is 12.7. The number of nitrogens with zero attached hydrogens (tertiary/aromatic N) is 3. The van der Waals surface area contributed by atoms with Crippen molar-refractivity contribution < 1.29 is 13.9 Å². The number of benzene rings is 1. The van der Waals surface area contributed by atoms with Crippen LogP contribution in [-0.4, -0.2) is 74.1 Å². The number of carbonyl (C=O) groups is 1. The predicted octanol–water partition coefficient (Wildman–Crippen LogP) is 3.18. The Bertz CT molecular complexity index is 723. The third-order valence-electron chi connectivity index (χ3n) is 5.46. The number of nitrogens with one attached hydrogen (secondary N) is 1. The molecule has 30 heavy (non-hydrogen) atoms. The number of hydrogen-bond donors (Lipinski definition) is 1. The number of aliphatic imine (C=N–C) groups is 1. The zero-order valence-corrected chi connectivity index (χ0v) is 20.5. The molecule has 3 rings (SSSR count). The molecule has 9 heteroatoms. The number of carbonyl (C=O) groups excluding carboxylic acids is 1. The molecule has 0 unspecified atom stereocenters. The van der Waals surface area contributed by atoms with Crippen molar-refractivity contribution >= 4 is 47.4 Å². The monoisotopic (exact) mass is 552 g/mol. The topological polar surface area (TPSA) is 57.2 Å². The van der Waals surface area contributed by atoms with Crippen LogP contribution < -0.4 is 5.32 Å². The first kappa shape index (κ1) is 25.1. The lowest BCUT2D eigenvalue weighted by Gasteiger charge is -2.36. The molecule has 0 atom stereocenters. The van der Waals surface area contributed by atoms with Gasteiger partial charge in [-0.1, -0.05) is 17.7 Å². The quantitative estimate of drug-likeness (QED) is 0.346. The zero-order valence-electron chi connectivity index (χ0n) is 17.4. The van der Waals surface area contributed by atoms with Crippen LogP contribution in [-0.2, 0) is 16.0 Å². The van der Waals surface area contributed by atoms with Crippen LogP contribution in [0.15, 0.2) is 23.2 Å². The van der Waals surface area contributed by atoms with Crippen LogP contribution in [0.25, 0.3) is 0 Å². The van der Waals surface area contributed by atoms with Gasteiger partial charge in [0.15, 0.2) is 5.96 Å². The molecule has 0 radical (unpaired) electrons. The normalized spacial score (nSPS) is 18.2. The lowest BCUT2D eigenvalue weighted by Crippen LogP contribution is -2.50. The molecule has 0 aromatic heterocycles. The van der Waals surface area contributed by atoms with Gasteiger partial charge >= 0.3 is 0 Å². The van der Waals surface area contributed by atoms with Crippen molar-refractivity contribution in [1.29, 1.82) is 0 Å². The zero-order chi connectivity index (χ0) is 20.6. The maximum absolute atomic E-state index is 13.2. The predicted molar refractivity (Wildman–Crippen MR) is 128 cm³/mol. The number of amides is 1. The highest BCUT2D eigenvalue weighted by molar-refractivity contribution is 14.0. The minimum absolute atomic E-state index is 0. The van der Waals surface area contributed by atoms with E-state index in [2.05, 4.69) is 10.2 Å². The van der Waals surface area contributed by atoms with E-state index in [1.807, 2.05) is 11.8 Å². The molecule has 2 saturated heterocycles. The molecular formula is C21H31ClFIN4O2. The van der Waals surface area contributed by atoms with Crippen LogP contribution in [0, 0.1) is 11.7 Å². The number of ether oxygens (including phenoxy) is 1. The van der Waals surface area contributed by atoms with Gasteiger partial charge in [0.1, 0.15) is 5.82 Å². The van der Waals surface area contributed by atoms with Crippen LogP contribution >= 0.6 is 35.6 Å². The highest BCUT2D eigenvalue weighted by Crippen LogP contribution is 2.21. The van der Waals surface area contributed by atoms with Crippen LogP contribution in [0.3, 0.4) is 0 Å². The van der Waals surface area contributed by atoms with E-state index in [1.165, 1.54) is 12.1 Å². The minimum Gasteiger partial charge on any atom is -0.378 e. The summed E-state index contributed by atoms with van der Waals surface area (Å²) in [4.78, 5) is 21.6. The summed E-state index contributed by atoms with van der Waals surface area (Å²) in [6.45, 7) is 7.70. The second-order valence-corrected chi connectivity index (χ2v) is 7.83. The van der Waals surface area contributed by atoms with Crippen molar-refractivity contribution in [1.82, 2.24) is 15.1 Å². The van der Waals surface area contributed by atoms with Gasteiger partial charge < -0.3 is 19.9 Å². The summed E-state index contributed by atoms with van der Waals surface area (Å²) in [5.41, 5.74) is 0.891. The Morgan fingerprint density at radius 1 is 1.23 bits per heavy atom. The molecule has 1 amide bonds. The average molecular weight is 553 g/mol. The highest BCUT2D eigenvalue weighted by Gasteiger charge is 2.30. The van der Waals surface area contributed by atoms with Gasteiger partial charge in [-0.05, 0) is 43.9 Å². The third kappa shape index (κ3) is 6.95. The first-order chi connectivity index (χ1) is 14.1. The molecular weight excluding hydrogens is 522 g/mol. The standard InChI is InChI=1S/C21H30ClFN4O2.HI/c1-2-24-21(25-8-5-16-3-4-18(23)15-19(16)22)27-9-6-17(7-10-27)20(28)26-11-13-29-14-12-26;/h3-4,15,17H,2,5-14H2,1H3,(H,24,25);1H. The fraction of sp³-hybridized carbons (Fsp3) is 0.619. The van der Waals surface area contributed by atoms with E-state index >= 15 is 0 Å². The number of guanidine groups is 1. The van der Waals surface area contributed by atoms with Crippen LogP contribution in [0.5, 0.6) is 0 Å². The third-order valence-corrected chi connectivity index (χ3v) is 5.81. The Morgan fingerprint density at radius 3 is 2.57 bits per heavy atom. The molecule has 0 saturated carbocycles. The van der Waals surface area contributed by atoms with Gasteiger partial charge in [0, 0.05) is 50.2 Å². The van der Waals surface area contributed by atoms with Crippen molar-refractivity contribution in [3.63, 3.8) is 0 Å². The molecule has 168 valence electrons. The van der Waals surface area contributed by atoms with E-state index in [0.29, 0.717) is 44.3 Å². The van der Waals surface area contributed by atoms with Crippen LogP contribution in [0.2, 0.25) is 5.02 Å².